The molecule has 16 heavy (non-hydrogen) atoms. The van der Waals surface area contributed by atoms with Gasteiger partial charge < -0.3 is 15.0 Å². The van der Waals surface area contributed by atoms with E-state index >= 15 is 0 Å². The number of nitrogens with one attached hydrogen (secondary N) is 1. The first-order valence-electron chi connectivity index (χ1n) is 5.65. The maximum atomic E-state index is 5.18. The molecule has 90 valence electrons. The van der Waals surface area contributed by atoms with Crippen LogP contribution in [0.4, 0.5) is 0 Å². The third kappa shape index (κ3) is 4.16. The van der Waals surface area contributed by atoms with Gasteiger partial charge in [-0.1, -0.05) is 13.0 Å². The lowest BCUT2D eigenvalue weighted by Gasteiger charge is -2.14. The van der Waals surface area contributed by atoms with Crippen molar-refractivity contribution in [3.05, 3.63) is 23.9 Å². The molecule has 1 rings (SSSR count). The highest BCUT2D eigenvalue weighted by Gasteiger charge is 2.02. The first-order chi connectivity index (χ1) is 7.77. The zero-order valence-corrected chi connectivity index (χ0v) is 10.4. The van der Waals surface area contributed by atoms with E-state index in [2.05, 4.69) is 29.2 Å². The Morgan fingerprint density at radius 1 is 1.50 bits per heavy atom. The van der Waals surface area contributed by atoms with Gasteiger partial charge in [0.2, 0.25) is 5.88 Å². The van der Waals surface area contributed by atoms with Crippen LogP contribution in [0.3, 0.4) is 0 Å². The second-order valence-electron chi connectivity index (χ2n) is 3.74. The van der Waals surface area contributed by atoms with Crippen molar-refractivity contribution >= 4 is 0 Å². The molecule has 0 saturated heterocycles. The number of hydrogen-bond acceptors (Lipinski definition) is 4. The topological polar surface area (TPSA) is 37.4 Å². The molecular formula is C12H21N3O. The van der Waals surface area contributed by atoms with Crippen molar-refractivity contribution in [1.29, 1.82) is 0 Å². The van der Waals surface area contributed by atoms with Gasteiger partial charge in [0, 0.05) is 31.4 Å². The highest BCUT2D eigenvalue weighted by molar-refractivity contribution is 5.24. The minimum Gasteiger partial charge on any atom is -0.481 e. The normalized spacial score (nSPS) is 10.8. The maximum Gasteiger partial charge on any atom is 0.217 e. The largest absolute Gasteiger partial charge is 0.481 e. The van der Waals surface area contributed by atoms with Crippen molar-refractivity contribution < 1.29 is 4.74 Å². The zero-order chi connectivity index (χ0) is 11.8. The van der Waals surface area contributed by atoms with E-state index < -0.39 is 0 Å². The van der Waals surface area contributed by atoms with E-state index in [1.165, 1.54) is 0 Å². The van der Waals surface area contributed by atoms with Crippen molar-refractivity contribution in [1.82, 2.24) is 15.2 Å². The number of likely N-dealkylation sites (N-methyl/N-ethyl adjacent to an activating group) is 1. The Hall–Kier alpha value is -1.13. The molecule has 0 aliphatic heterocycles. The molecule has 0 aliphatic rings. The van der Waals surface area contributed by atoms with Gasteiger partial charge >= 0.3 is 0 Å². The van der Waals surface area contributed by atoms with Crippen LogP contribution in [0.1, 0.15) is 12.5 Å². The van der Waals surface area contributed by atoms with Gasteiger partial charge in [0.15, 0.2) is 0 Å². The number of nitrogens with zero attached hydrogens (tertiary/aromatic N) is 2. The molecule has 1 N–H and O–H groups in total. The quantitative estimate of drug-likeness (QED) is 0.703. The van der Waals surface area contributed by atoms with Gasteiger partial charge in [0.25, 0.3) is 0 Å². The lowest BCUT2D eigenvalue weighted by Crippen LogP contribution is -2.28. The van der Waals surface area contributed by atoms with Gasteiger partial charge in [-0.05, 0) is 19.7 Å². The van der Waals surface area contributed by atoms with Crippen LogP contribution in [0.2, 0.25) is 0 Å². The average molecular weight is 223 g/mol. The Labute approximate surface area is 97.6 Å². The molecule has 1 aromatic heterocycles. The summed E-state index contributed by atoms with van der Waals surface area (Å²) >= 11 is 0. The van der Waals surface area contributed by atoms with E-state index in [4.69, 9.17) is 4.74 Å². The molecule has 0 aliphatic carbocycles. The predicted molar refractivity (Wildman–Crippen MR) is 65.7 cm³/mol. The highest BCUT2D eigenvalue weighted by Crippen LogP contribution is 2.12. The molecule has 0 bridgehead atoms. The molecule has 0 atom stereocenters. The number of rotatable bonds is 7. The van der Waals surface area contributed by atoms with Crippen LogP contribution in [0.25, 0.3) is 0 Å². The summed E-state index contributed by atoms with van der Waals surface area (Å²) in [5.74, 6) is 0.707. The molecule has 0 radical (unpaired) electrons. The third-order valence-electron chi connectivity index (χ3n) is 2.57. The molecule has 4 nitrogen and oxygen atoms in total. The van der Waals surface area contributed by atoms with Crippen molar-refractivity contribution in [3.63, 3.8) is 0 Å². The van der Waals surface area contributed by atoms with Crippen molar-refractivity contribution in [2.24, 2.45) is 0 Å². The molecule has 4 heteroatoms. The van der Waals surface area contributed by atoms with Crippen LogP contribution in [-0.4, -0.2) is 43.7 Å². The molecule has 0 unspecified atom stereocenters. The standard InChI is InChI=1S/C12H21N3O/c1-4-15(2)9-8-13-10-11-6-5-7-14-12(11)16-3/h5-7,13H,4,8-10H2,1-3H3. The zero-order valence-electron chi connectivity index (χ0n) is 10.4. The number of methoxy groups -OCH3 is 1. The highest BCUT2D eigenvalue weighted by atomic mass is 16.5. The Morgan fingerprint density at radius 3 is 3.00 bits per heavy atom. The van der Waals surface area contributed by atoms with Crippen LogP contribution >= 0.6 is 0 Å². The van der Waals surface area contributed by atoms with E-state index in [-0.39, 0.29) is 0 Å². The molecule has 1 heterocycles. The smallest absolute Gasteiger partial charge is 0.217 e. The fourth-order valence-electron chi connectivity index (χ4n) is 1.39. The molecule has 0 amide bonds. The van der Waals surface area contributed by atoms with Gasteiger partial charge in [-0.15, -0.1) is 0 Å². The van der Waals surface area contributed by atoms with E-state index in [1.54, 1.807) is 13.3 Å². The summed E-state index contributed by atoms with van der Waals surface area (Å²) in [6, 6.07) is 3.96. The van der Waals surface area contributed by atoms with E-state index in [0.717, 1.165) is 31.7 Å². The predicted octanol–water partition coefficient (Wildman–Crippen LogP) is 1.13. The summed E-state index contributed by atoms with van der Waals surface area (Å²) in [4.78, 5) is 6.43. The third-order valence-corrected chi connectivity index (χ3v) is 2.57. The molecule has 0 saturated carbocycles. The van der Waals surface area contributed by atoms with Gasteiger partial charge in [0.1, 0.15) is 0 Å². The lowest BCUT2D eigenvalue weighted by molar-refractivity contribution is 0.347. The average Bonchev–Trinajstić information content (AvgIpc) is 2.34. The second-order valence-corrected chi connectivity index (χ2v) is 3.74. The summed E-state index contributed by atoms with van der Waals surface area (Å²) in [5.41, 5.74) is 1.10. The number of pyridine rings is 1. The summed E-state index contributed by atoms with van der Waals surface area (Å²) < 4.78 is 5.18. The lowest BCUT2D eigenvalue weighted by atomic mass is 10.2. The van der Waals surface area contributed by atoms with Crippen molar-refractivity contribution in [3.8, 4) is 5.88 Å². The van der Waals surface area contributed by atoms with Crippen LogP contribution in [0.15, 0.2) is 18.3 Å². The van der Waals surface area contributed by atoms with Crippen molar-refractivity contribution in [2.75, 3.05) is 33.8 Å². The molecule has 0 spiro atoms. The molecule has 1 aromatic rings. The Kier molecular flexibility index (Phi) is 5.82. The minimum atomic E-state index is 0.707. The second kappa shape index (κ2) is 7.19. The minimum absolute atomic E-state index is 0.707. The van der Waals surface area contributed by atoms with Crippen LogP contribution in [0, 0.1) is 0 Å². The Bertz CT molecular complexity index is 304. The number of ether oxygens (including phenoxy) is 1. The summed E-state index contributed by atoms with van der Waals surface area (Å²) in [6.45, 7) is 6.07. The number of aromatic nitrogens is 1. The molecular weight excluding hydrogens is 202 g/mol. The maximum absolute atomic E-state index is 5.18. The fraction of sp³-hybridized carbons (Fsp3) is 0.583. The monoisotopic (exact) mass is 223 g/mol. The molecule has 0 aromatic carbocycles. The van der Waals surface area contributed by atoms with E-state index in [1.807, 2.05) is 12.1 Å². The summed E-state index contributed by atoms with van der Waals surface area (Å²) in [5, 5.41) is 3.38. The first kappa shape index (κ1) is 12.9. The Balaban J connectivity index is 2.31. The SMILES string of the molecule is CCN(C)CCNCc1cccnc1OC. The van der Waals surface area contributed by atoms with Crippen molar-refractivity contribution in [2.45, 2.75) is 13.5 Å². The van der Waals surface area contributed by atoms with E-state index in [9.17, 15) is 0 Å². The van der Waals surface area contributed by atoms with Crippen LogP contribution in [-0.2, 0) is 6.54 Å². The number of hydrogen-bond donors (Lipinski definition) is 1. The summed E-state index contributed by atoms with van der Waals surface area (Å²) in [7, 11) is 3.77. The first-order valence-corrected chi connectivity index (χ1v) is 5.65. The fourth-order valence-corrected chi connectivity index (χ4v) is 1.39. The van der Waals surface area contributed by atoms with E-state index in [0.29, 0.717) is 5.88 Å². The van der Waals surface area contributed by atoms with Gasteiger partial charge in [0.05, 0.1) is 7.11 Å². The van der Waals surface area contributed by atoms with Crippen LogP contribution < -0.4 is 10.1 Å². The van der Waals surface area contributed by atoms with Gasteiger partial charge in [-0.25, -0.2) is 4.98 Å². The van der Waals surface area contributed by atoms with Crippen LogP contribution in [0.5, 0.6) is 5.88 Å². The Morgan fingerprint density at radius 2 is 2.31 bits per heavy atom. The van der Waals surface area contributed by atoms with Gasteiger partial charge in [-0.3, -0.25) is 0 Å². The van der Waals surface area contributed by atoms with Gasteiger partial charge in [-0.2, -0.15) is 0 Å². The summed E-state index contributed by atoms with van der Waals surface area (Å²) in [6.07, 6.45) is 1.74. The molecule has 0 fully saturated rings.